The Kier molecular flexibility index (Phi) is 7.89. The number of anilines is 1. The van der Waals surface area contributed by atoms with Crippen molar-refractivity contribution in [1.29, 1.82) is 0 Å². The van der Waals surface area contributed by atoms with Crippen molar-refractivity contribution in [3.05, 3.63) is 95.8 Å². The lowest BCUT2D eigenvalue weighted by Crippen LogP contribution is -2.23. The quantitative estimate of drug-likeness (QED) is 0.335. The number of rotatable bonds is 9. The van der Waals surface area contributed by atoms with E-state index in [1.807, 2.05) is 37.3 Å². The average Bonchev–Trinajstić information content (AvgIpc) is 3.26. The van der Waals surface area contributed by atoms with Gasteiger partial charge in [-0.25, -0.2) is 4.39 Å². The maximum Gasteiger partial charge on any atom is 0.251 e. The molecule has 3 aromatic carbocycles. The summed E-state index contributed by atoms with van der Waals surface area (Å²) in [6.45, 7) is 2.79. The predicted molar refractivity (Wildman–Crippen MR) is 135 cm³/mol. The third-order valence-electron chi connectivity index (χ3n) is 5.09. The molecule has 0 bridgehead atoms. The van der Waals surface area contributed by atoms with Gasteiger partial charge in [0.1, 0.15) is 5.82 Å². The Labute approximate surface area is 206 Å². The molecule has 0 radical (unpaired) electrons. The molecular formula is C26H24FN5O2S. The number of carbonyl (C=O) groups excluding carboxylic acids is 2. The van der Waals surface area contributed by atoms with Crippen LogP contribution < -0.4 is 10.6 Å². The normalized spacial score (nSPS) is 10.7. The number of amides is 2. The topological polar surface area (TPSA) is 88.9 Å². The summed E-state index contributed by atoms with van der Waals surface area (Å²) in [7, 11) is 0. The van der Waals surface area contributed by atoms with Crippen molar-refractivity contribution < 1.29 is 14.0 Å². The van der Waals surface area contributed by atoms with Gasteiger partial charge in [-0.2, -0.15) is 0 Å². The van der Waals surface area contributed by atoms with Crippen molar-refractivity contribution in [2.24, 2.45) is 0 Å². The van der Waals surface area contributed by atoms with E-state index in [9.17, 15) is 14.0 Å². The summed E-state index contributed by atoms with van der Waals surface area (Å²) in [6, 6.07) is 22.9. The third-order valence-corrected chi connectivity index (χ3v) is 6.06. The van der Waals surface area contributed by atoms with Gasteiger partial charge < -0.3 is 10.6 Å². The van der Waals surface area contributed by atoms with E-state index in [2.05, 4.69) is 20.8 Å². The van der Waals surface area contributed by atoms with E-state index in [4.69, 9.17) is 0 Å². The smallest absolute Gasteiger partial charge is 0.251 e. The van der Waals surface area contributed by atoms with Gasteiger partial charge in [-0.1, -0.05) is 60.3 Å². The second kappa shape index (κ2) is 11.4. The molecule has 0 saturated carbocycles. The first-order valence-electron chi connectivity index (χ1n) is 11.1. The van der Waals surface area contributed by atoms with Crippen LogP contribution in [-0.4, -0.2) is 38.9 Å². The van der Waals surface area contributed by atoms with Crippen LogP contribution in [0.4, 0.5) is 10.1 Å². The first-order chi connectivity index (χ1) is 17.0. The molecule has 1 heterocycles. The van der Waals surface area contributed by atoms with E-state index in [1.165, 1.54) is 17.8 Å². The fraction of sp³-hybridized carbons (Fsp3) is 0.154. The third kappa shape index (κ3) is 6.13. The van der Waals surface area contributed by atoms with Gasteiger partial charge in [-0.3, -0.25) is 14.2 Å². The highest BCUT2D eigenvalue weighted by Crippen LogP contribution is 2.27. The summed E-state index contributed by atoms with van der Waals surface area (Å²) >= 11 is 1.21. The minimum Gasteiger partial charge on any atom is -0.352 e. The van der Waals surface area contributed by atoms with Crippen molar-refractivity contribution in [1.82, 2.24) is 20.1 Å². The van der Waals surface area contributed by atoms with Crippen LogP contribution in [0.1, 0.15) is 22.8 Å². The van der Waals surface area contributed by atoms with Gasteiger partial charge >= 0.3 is 0 Å². The van der Waals surface area contributed by atoms with Crippen molar-refractivity contribution in [2.45, 2.75) is 18.6 Å². The number of hydrogen-bond donors (Lipinski definition) is 2. The number of thioether (sulfide) groups is 1. The summed E-state index contributed by atoms with van der Waals surface area (Å²) in [5.41, 5.74) is 2.33. The van der Waals surface area contributed by atoms with Gasteiger partial charge in [0.05, 0.1) is 17.9 Å². The first kappa shape index (κ1) is 24.2. The molecular weight excluding hydrogens is 465 g/mol. The van der Waals surface area contributed by atoms with Crippen LogP contribution in [0.2, 0.25) is 0 Å². The van der Waals surface area contributed by atoms with E-state index in [-0.39, 0.29) is 17.6 Å². The standard InChI is InChI=1S/C26H24FN5O2S/c1-2-28-25(34)19-11-8-12-20(15-19)29-23(33)17-35-26-31-30-24(21-13-6-7-14-22(21)27)32(26)16-18-9-4-3-5-10-18/h3-15H,2,16-17H2,1H3,(H,28,34)(H,29,33). The molecule has 0 aliphatic carbocycles. The van der Waals surface area contributed by atoms with Gasteiger partial charge in [0.15, 0.2) is 11.0 Å². The summed E-state index contributed by atoms with van der Waals surface area (Å²) in [5.74, 6) is -0.396. The molecule has 0 atom stereocenters. The Hall–Kier alpha value is -3.98. The molecule has 2 amide bonds. The van der Waals surface area contributed by atoms with E-state index < -0.39 is 5.82 Å². The molecule has 0 aliphatic rings. The summed E-state index contributed by atoms with van der Waals surface area (Å²) in [4.78, 5) is 24.7. The van der Waals surface area contributed by atoms with Crippen LogP contribution in [0.25, 0.3) is 11.4 Å². The van der Waals surface area contributed by atoms with Crippen molar-refractivity contribution >= 4 is 29.3 Å². The number of halogens is 1. The van der Waals surface area contributed by atoms with Crippen LogP contribution in [0.5, 0.6) is 0 Å². The molecule has 0 saturated heterocycles. The van der Waals surface area contributed by atoms with Gasteiger partial charge in [0.2, 0.25) is 5.91 Å². The van der Waals surface area contributed by atoms with Gasteiger partial charge in [-0.15, -0.1) is 10.2 Å². The molecule has 178 valence electrons. The molecule has 1 aromatic heterocycles. The highest BCUT2D eigenvalue weighted by Gasteiger charge is 2.18. The van der Waals surface area contributed by atoms with Crippen LogP contribution in [0, 0.1) is 5.82 Å². The molecule has 9 heteroatoms. The average molecular weight is 490 g/mol. The number of benzene rings is 3. The maximum absolute atomic E-state index is 14.5. The summed E-state index contributed by atoms with van der Waals surface area (Å²) in [6.07, 6.45) is 0. The number of carbonyl (C=O) groups is 2. The second-order valence-corrected chi connectivity index (χ2v) is 8.58. The minimum atomic E-state index is -0.393. The number of nitrogens with zero attached hydrogens (tertiary/aromatic N) is 3. The largest absolute Gasteiger partial charge is 0.352 e. The SMILES string of the molecule is CCNC(=O)c1cccc(NC(=O)CSc2nnc(-c3ccccc3F)n2Cc2ccccc2)c1. The predicted octanol–water partition coefficient (Wildman–Crippen LogP) is 4.61. The molecule has 0 fully saturated rings. The van der Waals surface area contributed by atoms with E-state index in [0.29, 0.717) is 40.9 Å². The van der Waals surface area contributed by atoms with Gasteiger partial charge in [-0.05, 0) is 42.8 Å². The Balaban J connectivity index is 1.51. The highest BCUT2D eigenvalue weighted by atomic mass is 32.2. The van der Waals surface area contributed by atoms with Crippen molar-refractivity contribution in [3.8, 4) is 11.4 Å². The molecule has 7 nitrogen and oxygen atoms in total. The summed E-state index contributed by atoms with van der Waals surface area (Å²) < 4.78 is 16.3. The molecule has 4 aromatic rings. The fourth-order valence-electron chi connectivity index (χ4n) is 3.47. The fourth-order valence-corrected chi connectivity index (χ4v) is 4.21. The van der Waals surface area contributed by atoms with Crippen LogP contribution in [0.15, 0.2) is 84.0 Å². The second-order valence-electron chi connectivity index (χ2n) is 7.63. The Morgan fingerprint density at radius 3 is 2.51 bits per heavy atom. The van der Waals surface area contributed by atoms with Crippen LogP contribution in [0.3, 0.4) is 0 Å². The lowest BCUT2D eigenvalue weighted by atomic mass is 10.2. The summed E-state index contributed by atoms with van der Waals surface area (Å²) in [5, 5.41) is 14.5. The highest BCUT2D eigenvalue weighted by molar-refractivity contribution is 7.99. The zero-order valence-electron chi connectivity index (χ0n) is 19.1. The molecule has 4 rings (SSSR count). The number of nitrogens with one attached hydrogen (secondary N) is 2. The Morgan fingerprint density at radius 2 is 1.74 bits per heavy atom. The monoisotopic (exact) mass is 489 g/mol. The zero-order chi connectivity index (χ0) is 24.6. The molecule has 2 N–H and O–H groups in total. The van der Waals surface area contributed by atoms with Gasteiger partial charge in [0, 0.05) is 17.8 Å². The van der Waals surface area contributed by atoms with E-state index >= 15 is 0 Å². The number of aromatic nitrogens is 3. The van der Waals surface area contributed by atoms with E-state index in [1.54, 1.807) is 47.0 Å². The Morgan fingerprint density at radius 1 is 0.971 bits per heavy atom. The Bertz CT molecular complexity index is 1330. The molecule has 0 unspecified atom stereocenters. The van der Waals surface area contributed by atoms with Crippen molar-refractivity contribution in [2.75, 3.05) is 17.6 Å². The van der Waals surface area contributed by atoms with Crippen molar-refractivity contribution in [3.63, 3.8) is 0 Å². The molecule has 35 heavy (non-hydrogen) atoms. The lowest BCUT2D eigenvalue weighted by molar-refractivity contribution is -0.113. The lowest BCUT2D eigenvalue weighted by Gasteiger charge is -2.11. The van der Waals surface area contributed by atoms with E-state index in [0.717, 1.165) is 5.56 Å². The van der Waals surface area contributed by atoms with Crippen LogP contribution >= 0.6 is 11.8 Å². The first-order valence-corrected chi connectivity index (χ1v) is 12.1. The van der Waals surface area contributed by atoms with Gasteiger partial charge in [0.25, 0.3) is 5.91 Å². The van der Waals surface area contributed by atoms with Crippen LogP contribution in [-0.2, 0) is 11.3 Å². The maximum atomic E-state index is 14.5. The minimum absolute atomic E-state index is 0.0651. The zero-order valence-corrected chi connectivity index (χ0v) is 19.9. The molecule has 0 aliphatic heterocycles. The molecule has 0 spiro atoms. The number of hydrogen-bond acceptors (Lipinski definition) is 5.